The number of nitro benzene ring substituents is 1. The lowest BCUT2D eigenvalue weighted by Crippen LogP contribution is -2.12. The molecule has 0 radical (unpaired) electrons. The summed E-state index contributed by atoms with van der Waals surface area (Å²) >= 11 is 0. The second-order valence-corrected chi connectivity index (χ2v) is 7.05. The minimum absolute atomic E-state index is 0.118. The molecule has 0 spiro atoms. The van der Waals surface area contributed by atoms with Crippen LogP contribution >= 0.6 is 0 Å². The lowest BCUT2D eigenvalue weighted by atomic mass is 10.2. The number of benzene rings is 2. The summed E-state index contributed by atoms with van der Waals surface area (Å²) in [5.41, 5.74) is 0.770. The zero-order valence-corrected chi connectivity index (χ0v) is 14.3. The highest BCUT2D eigenvalue weighted by molar-refractivity contribution is 7.89. The van der Waals surface area contributed by atoms with Crippen molar-refractivity contribution in [1.82, 2.24) is 9.78 Å². The van der Waals surface area contributed by atoms with Crippen LogP contribution in [0.2, 0.25) is 0 Å². The normalized spacial score (nSPS) is 11.3. The van der Waals surface area contributed by atoms with Gasteiger partial charge in [0.25, 0.3) is 5.69 Å². The quantitative estimate of drug-likeness (QED) is 0.503. The molecule has 0 saturated carbocycles. The van der Waals surface area contributed by atoms with E-state index in [1.165, 1.54) is 12.1 Å². The van der Waals surface area contributed by atoms with E-state index in [1.807, 2.05) is 30.3 Å². The first-order valence-corrected chi connectivity index (χ1v) is 9.03. The van der Waals surface area contributed by atoms with E-state index in [0.717, 1.165) is 11.6 Å². The Morgan fingerprint density at radius 1 is 1.15 bits per heavy atom. The number of hydrogen-bond donors (Lipinski definition) is 2. The van der Waals surface area contributed by atoms with E-state index in [4.69, 9.17) is 5.14 Å². The van der Waals surface area contributed by atoms with Crippen molar-refractivity contribution in [1.29, 1.82) is 0 Å². The lowest BCUT2D eigenvalue weighted by molar-refractivity contribution is -0.384. The third-order valence-electron chi connectivity index (χ3n) is 3.59. The van der Waals surface area contributed by atoms with Gasteiger partial charge in [0, 0.05) is 18.3 Å². The second kappa shape index (κ2) is 6.94. The highest BCUT2D eigenvalue weighted by atomic mass is 32.2. The Morgan fingerprint density at radius 2 is 1.88 bits per heavy atom. The summed E-state index contributed by atoms with van der Waals surface area (Å²) in [6.07, 6.45) is 1.74. The van der Waals surface area contributed by atoms with Crippen LogP contribution in [0.5, 0.6) is 0 Å². The number of nitrogens with two attached hydrogens (primary N) is 1. The average Bonchev–Trinajstić information content (AvgIpc) is 3.02. The molecular formula is C16H15N5O4S. The maximum Gasteiger partial charge on any atom is 0.294 e. The minimum atomic E-state index is -4.03. The molecule has 26 heavy (non-hydrogen) atoms. The number of primary sulfonamides is 1. The van der Waals surface area contributed by atoms with Crippen molar-refractivity contribution in [2.75, 3.05) is 5.32 Å². The Balaban J connectivity index is 1.84. The highest BCUT2D eigenvalue weighted by Gasteiger charge is 2.19. The van der Waals surface area contributed by atoms with E-state index in [9.17, 15) is 18.5 Å². The number of hydrogen-bond acceptors (Lipinski definition) is 6. The molecule has 0 aliphatic carbocycles. The summed E-state index contributed by atoms with van der Waals surface area (Å²) in [4.78, 5) is 10.2. The maximum atomic E-state index is 11.4. The van der Waals surface area contributed by atoms with E-state index >= 15 is 0 Å². The van der Waals surface area contributed by atoms with E-state index in [1.54, 1.807) is 16.9 Å². The van der Waals surface area contributed by atoms with Gasteiger partial charge in [-0.1, -0.05) is 30.3 Å². The van der Waals surface area contributed by atoms with Crippen LogP contribution < -0.4 is 10.5 Å². The molecule has 3 aromatic rings. The van der Waals surface area contributed by atoms with E-state index < -0.39 is 20.6 Å². The van der Waals surface area contributed by atoms with Crippen LogP contribution in [-0.4, -0.2) is 23.1 Å². The Morgan fingerprint density at radius 3 is 2.54 bits per heavy atom. The lowest BCUT2D eigenvalue weighted by Gasteiger charge is -2.06. The number of nitro groups is 1. The molecule has 10 heteroatoms. The number of nitrogens with zero attached hydrogens (tertiary/aromatic N) is 3. The monoisotopic (exact) mass is 373 g/mol. The standard InChI is InChI=1S/C16H15N5O4S/c17-26(24,25)13-6-7-14(15(10-13)21(22)23)18-16-8-9-20(19-16)11-12-4-2-1-3-5-12/h1-10H,11H2,(H,18,19)(H2,17,24,25). The van der Waals surface area contributed by atoms with Crippen LogP contribution in [0.25, 0.3) is 0 Å². The van der Waals surface area contributed by atoms with Gasteiger partial charge >= 0.3 is 0 Å². The van der Waals surface area contributed by atoms with Crippen molar-refractivity contribution >= 4 is 27.2 Å². The van der Waals surface area contributed by atoms with Crippen molar-refractivity contribution in [3.8, 4) is 0 Å². The van der Waals surface area contributed by atoms with Crippen LogP contribution in [0.1, 0.15) is 5.56 Å². The summed E-state index contributed by atoms with van der Waals surface area (Å²) in [6, 6.07) is 14.8. The summed E-state index contributed by atoms with van der Waals surface area (Å²) < 4.78 is 24.4. The molecule has 0 fully saturated rings. The van der Waals surface area contributed by atoms with Crippen LogP contribution in [0.3, 0.4) is 0 Å². The van der Waals surface area contributed by atoms with Crippen LogP contribution in [0.4, 0.5) is 17.2 Å². The Labute approximate surface area is 149 Å². The number of anilines is 2. The van der Waals surface area contributed by atoms with Crippen LogP contribution in [0, 0.1) is 10.1 Å². The molecule has 2 aromatic carbocycles. The number of rotatable bonds is 6. The molecule has 1 heterocycles. The summed E-state index contributed by atoms with van der Waals surface area (Å²) in [5.74, 6) is 0.396. The van der Waals surface area contributed by atoms with Crippen molar-refractivity contribution < 1.29 is 13.3 Å². The van der Waals surface area contributed by atoms with E-state index in [0.29, 0.717) is 12.4 Å². The van der Waals surface area contributed by atoms with Crippen LogP contribution in [-0.2, 0) is 16.6 Å². The van der Waals surface area contributed by atoms with Gasteiger partial charge in [-0.15, -0.1) is 0 Å². The summed E-state index contributed by atoms with van der Waals surface area (Å²) in [7, 11) is -4.03. The molecule has 0 unspecified atom stereocenters. The molecule has 0 aliphatic heterocycles. The first-order valence-electron chi connectivity index (χ1n) is 7.48. The van der Waals surface area contributed by atoms with Crippen molar-refractivity contribution in [2.45, 2.75) is 11.4 Å². The molecule has 1 aromatic heterocycles. The number of sulfonamides is 1. The van der Waals surface area contributed by atoms with Gasteiger partial charge in [0.1, 0.15) is 5.69 Å². The van der Waals surface area contributed by atoms with Gasteiger partial charge in [0.15, 0.2) is 5.82 Å². The summed E-state index contributed by atoms with van der Waals surface area (Å²) in [5, 5.41) is 23.4. The fourth-order valence-electron chi connectivity index (χ4n) is 2.37. The van der Waals surface area contributed by atoms with Gasteiger partial charge in [0.05, 0.1) is 16.4 Å². The predicted octanol–water partition coefficient (Wildman–Crippen LogP) is 2.23. The van der Waals surface area contributed by atoms with Crippen molar-refractivity contribution in [3.63, 3.8) is 0 Å². The zero-order chi connectivity index (χ0) is 18.7. The molecule has 3 rings (SSSR count). The first kappa shape index (κ1) is 17.6. The van der Waals surface area contributed by atoms with Crippen molar-refractivity contribution in [2.24, 2.45) is 5.14 Å². The molecular weight excluding hydrogens is 358 g/mol. The Kier molecular flexibility index (Phi) is 4.69. The van der Waals surface area contributed by atoms with Gasteiger partial charge in [0.2, 0.25) is 10.0 Å². The van der Waals surface area contributed by atoms with Gasteiger partial charge < -0.3 is 5.32 Å². The third-order valence-corrected chi connectivity index (χ3v) is 4.50. The van der Waals surface area contributed by atoms with Gasteiger partial charge in [-0.2, -0.15) is 5.10 Å². The zero-order valence-electron chi connectivity index (χ0n) is 13.4. The molecule has 0 amide bonds. The average molecular weight is 373 g/mol. The van der Waals surface area contributed by atoms with Crippen molar-refractivity contribution in [3.05, 3.63) is 76.5 Å². The molecule has 3 N–H and O–H groups in total. The van der Waals surface area contributed by atoms with E-state index in [-0.39, 0.29) is 10.6 Å². The molecule has 0 bridgehead atoms. The third kappa shape index (κ3) is 4.05. The number of nitrogens with one attached hydrogen (secondary N) is 1. The topological polar surface area (TPSA) is 133 Å². The SMILES string of the molecule is NS(=O)(=O)c1ccc(Nc2ccn(Cc3ccccc3)n2)c([N+](=O)[O-])c1. The fourth-order valence-corrected chi connectivity index (χ4v) is 2.90. The maximum absolute atomic E-state index is 11.4. The highest BCUT2D eigenvalue weighted by Crippen LogP contribution is 2.29. The number of aromatic nitrogens is 2. The summed E-state index contributed by atoms with van der Waals surface area (Å²) in [6.45, 7) is 0.551. The fraction of sp³-hybridized carbons (Fsp3) is 0.0625. The molecule has 0 atom stereocenters. The molecule has 9 nitrogen and oxygen atoms in total. The molecule has 0 saturated heterocycles. The predicted molar refractivity (Wildman–Crippen MR) is 95.5 cm³/mol. The first-order chi connectivity index (χ1) is 12.3. The van der Waals surface area contributed by atoms with Gasteiger partial charge in [-0.05, 0) is 17.7 Å². The van der Waals surface area contributed by atoms with Crippen LogP contribution in [0.15, 0.2) is 65.7 Å². The second-order valence-electron chi connectivity index (χ2n) is 5.49. The Bertz CT molecular complexity index is 1050. The molecule has 0 aliphatic rings. The smallest absolute Gasteiger partial charge is 0.294 e. The van der Waals surface area contributed by atoms with Gasteiger partial charge in [-0.25, -0.2) is 13.6 Å². The largest absolute Gasteiger partial charge is 0.333 e. The Hall–Kier alpha value is -3.24. The van der Waals surface area contributed by atoms with Gasteiger partial charge in [-0.3, -0.25) is 14.8 Å². The minimum Gasteiger partial charge on any atom is -0.333 e. The molecule has 134 valence electrons. The van der Waals surface area contributed by atoms with E-state index in [2.05, 4.69) is 10.4 Å².